The molecule has 4 nitrogen and oxygen atoms in total. The largest absolute Gasteiger partial charge is 0.487 e. The number of amides is 1. The van der Waals surface area contributed by atoms with Gasteiger partial charge in [0.2, 0.25) is 0 Å². The number of para-hydroxylation sites is 1. The lowest BCUT2D eigenvalue weighted by Crippen LogP contribution is -2.11. The molecule has 6 heteroatoms. The van der Waals surface area contributed by atoms with Crippen molar-refractivity contribution in [2.24, 2.45) is 0 Å². The number of hydrogen-bond acceptors (Lipinski definition) is 4. The Kier molecular flexibility index (Phi) is 4.90. The highest BCUT2D eigenvalue weighted by Crippen LogP contribution is 2.24. The van der Waals surface area contributed by atoms with E-state index in [2.05, 4.69) is 10.3 Å². The third-order valence-electron chi connectivity index (χ3n) is 3.10. The van der Waals surface area contributed by atoms with Crippen molar-refractivity contribution in [3.05, 3.63) is 76.3 Å². The van der Waals surface area contributed by atoms with Gasteiger partial charge in [0, 0.05) is 17.1 Å². The molecule has 0 saturated carbocycles. The van der Waals surface area contributed by atoms with E-state index >= 15 is 0 Å². The van der Waals surface area contributed by atoms with Gasteiger partial charge >= 0.3 is 0 Å². The topological polar surface area (TPSA) is 51.2 Å². The van der Waals surface area contributed by atoms with Crippen molar-refractivity contribution in [3.63, 3.8) is 0 Å². The molecule has 1 heterocycles. The molecule has 0 aliphatic heterocycles. The number of nitrogens with zero attached hydrogens (tertiary/aromatic N) is 1. The SMILES string of the molecule is O=C(Nc1nccs1)c1ccc(COc2ccccc2Cl)cc1. The zero-order valence-corrected chi connectivity index (χ0v) is 13.6. The van der Waals surface area contributed by atoms with Gasteiger partial charge in [-0.15, -0.1) is 11.3 Å². The van der Waals surface area contributed by atoms with Crippen LogP contribution in [0.5, 0.6) is 5.75 Å². The lowest BCUT2D eigenvalue weighted by atomic mass is 10.1. The quantitative estimate of drug-likeness (QED) is 0.734. The molecule has 23 heavy (non-hydrogen) atoms. The van der Waals surface area contributed by atoms with Crippen LogP contribution in [0.25, 0.3) is 0 Å². The first-order chi connectivity index (χ1) is 11.2. The average Bonchev–Trinajstić information content (AvgIpc) is 3.07. The van der Waals surface area contributed by atoms with Gasteiger partial charge in [0.25, 0.3) is 5.91 Å². The molecule has 2 aromatic carbocycles. The van der Waals surface area contributed by atoms with Gasteiger partial charge in [0.15, 0.2) is 5.13 Å². The Morgan fingerprint density at radius 3 is 2.65 bits per heavy atom. The predicted molar refractivity (Wildman–Crippen MR) is 92.3 cm³/mol. The minimum atomic E-state index is -0.182. The second kappa shape index (κ2) is 7.26. The summed E-state index contributed by atoms with van der Waals surface area (Å²) in [6, 6.07) is 14.5. The number of rotatable bonds is 5. The normalized spacial score (nSPS) is 10.3. The van der Waals surface area contributed by atoms with Gasteiger partial charge in [-0.05, 0) is 29.8 Å². The van der Waals surface area contributed by atoms with E-state index in [4.69, 9.17) is 16.3 Å². The molecule has 1 N–H and O–H groups in total. The number of hydrogen-bond donors (Lipinski definition) is 1. The third-order valence-corrected chi connectivity index (χ3v) is 4.10. The van der Waals surface area contributed by atoms with Crippen LogP contribution in [0.3, 0.4) is 0 Å². The van der Waals surface area contributed by atoms with E-state index in [1.807, 2.05) is 35.7 Å². The van der Waals surface area contributed by atoms with Crippen molar-refractivity contribution in [3.8, 4) is 5.75 Å². The number of thiazole rings is 1. The molecular weight excluding hydrogens is 332 g/mol. The maximum absolute atomic E-state index is 12.1. The highest BCUT2D eigenvalue weighted by Gasteiger charge is 2.07. The summed E-state index contributed by atoms with van der Waals surface area (Å²) in [6.45, 7) is 0.387. The van der Waals surface area contributed by atoms with Gasteiger partial charge < -0.3 is 4.74 Å². The van der Waals surface area contributed by atoms with Gasteiger partial charge in [0.1, 0.15) is 12.4 Å². The van der Waals surface area contributed by atoms with Crippen LogP contribution in [0.4, 0.5) is 5.13 Å². The third kappa shape index (κ3) is 4.09. The Morgan fingerprint density at radius 1 is 1.17 bits per heavy atom. The Bertz CT molecular complexity index is 789. The summed E-state index contributed by atoms with van der Waals surface area (Å²) in [5, 5.41) is 5.71. The molecule has 0 radical (unpaired) electrons. The number of halogens is 1. The van der Waals surface area contributed by atoms with Crippen molar-refractivity contribution < 1.29 is 9.53 Å². The van der Waals surface area contributed by atoms with E-state index in [1.165, 1.54) is 11.3 Å². The minimum absolute atomic E-state index is 0.182. The molecule has 0 spiro atoms. The van der Waals surface area contributed by atoms with E-state index in [0.29, 0.717) is 28.1 Å². The first-order valence-corrected chi connectivity index (χ1v) is 8.15. The zero-order valence-electron chi connectivity index (χ0n) is 12.0. The van der Waals surface area contributed by atoms with Crippen LogP contribution in [0, 0.1) is 0 Å². The van der Waals surface area contributed by atoms with Gasteiger partial charge in [-0.1, -0.05) is 35.9 Å². The van der Waals surface area contributed by atoms with E-state index in [1.54, 1.807) is 24.4 Å². The van der Waals surface area contributed by atoms with Gasteiger partial charge in [0.05, 0.1) is 5.02 Å². The summed E-state index contributed by atoms with van der Waals surface area (Å²) in [5.74, 6) is 0.457. The molecule has 1 amide bonds. The van der Waals surface area contributed by atoms with Gasteiger partial charge in [-0.2, -0.15) is 0 Å². The summed E-state index contributed by atoms with van der Waals surface area (Å²) in [7, 11) is 0. The number of benzene rings is 2. The van der Waals surface area contributed by atoms with Crippen molar-refractivity contribution in [1.82, 2.24) is 4.98 Å². The van der Waals surface area contributed by atoms with E-state index in [-0.39, 0.29) is 5.91 Å². The van der Waals surface area contributed by atoms with Crippen molar-refractivity contribution in [2.45, 2.75) is 6.61 Å². The number of ether oxygens (including phenoxy) is 1. The summed E-state index contributed by atoms with van der Waals surface area (Å²) in [5.41, 5.74) is 1.53. The minimum Gasteiger partial charge on any atom is -0.487 e. The number of anilines is 1. The molecule has 0 bridgehead atoms. The number of aromatic nitrogens is 1. The molecule has 0 aliphatic rings. The Balaban J connectivity index is 1.61. The van der Waals surface area contributed by atoms with Crippen molar-refractivity contribution in [1.29, 1.82) is 0 Å². The maximum atomic E-state index is 12.1. The summed E-state index contributed by atoms with van der Waals surface area (Å²) < 4.78 is 5.67. The number of carbonyl (C=O) groups excluding carboxylic acids is 1. The molecule has 0 atom stereocenters. The van der Waals surface area contributed by atoms with Crippen molar-refractivity contribution >= 4 is 34.0 Å². The molecule has 0 saturated heterocycles. The second-order valence-electron chi connectivity index (χ2n) is 4.71. The van der Waals surface area contributed by atoms with E-state index in [0.717, 1.165) is 5.56 Å². The Morgan fingerprint density at radius 2 is 1.96 bits per heavy atom. The van der Waals surface area contributed by atoms with Crippen LogP contribution in [0.15, 0.2) is 60.1 Å². The Hall–Kier alpha value is -2.37. The first kappa shape index (κ1) is 15.5. The molecule has 3 aromatic rings. The first-order valence-electron chi connectivity index (χ1n) is 6.89. The monoisotopic (exact) mass is 344 g/mol. The summed E-state index contributed by atoms with van der Waals surface area (Å²) in [4.78, 5) is 16.1. The molecule has 0 unspecified atom stereocenters. The fourth-order valence-electron chi connectivity index (χ4n) is 1.93. The van der Waals surface area contributed by atoms with Crippen LogP contribution in [0.1, 0.15) is 15.9 Å². The summed E-state index contributed by atoms with van der Waals surface area (Å²) in [6.07, 6.45) is 1.65. The van der Waals surface area contributed by atoms with Crippen LogP contribution < -0.4 is 10.1 Å². The molecule has 116 valence electrons. The fourth-order valence-corrected chi connectivity index (χ4v) is 2.64. The highest BCUT2D eigenvalue weighted by molar-refractivity contribution is 7.13. The molecule has 0 fully saturated rings. The molecule has 0 aliphatic carbocycles. The number of nitrogens with one attached hydrogen (secondary N) is 1. The van der Waals surface area contributed by atoms with Gasteiger partial charge in [-0.3, -0.25) is 10.1 Å². The molecule has 1 aromatic heterocycles. The van der Waals surface area contributed by atoms with Crippen molar-refractivity contribution in [2.75, 3.05) is 5.32 Å². The van der Waals surface area contributed by atoms with Crippen LogP contribution in [-0.4, -0.2) is 10.9 Å². The lowest BCUT2D eigenvalue weighted by molar-refractivity contribution is 0.102. The lowest BCUT2D eigenvalue weighted by Gasteiger charge is -2.08. The molecule has 3 rings (SSSR count). The Labute approximate surface area is 142 Å². The van der Waals surface area contributed by atoms with Gasteiger partial charge in [-0.25, -0.2) is 4.98 Å². The smallest absolute Gasteiger partial charge is 0.257 e. The predicted octanol–water partition coefficient (Wildman–Crippen LogP) is 4.63. The second-order valence-corrected chi connectivity index (χ2v) is 6.01. The van der Waals surface area contributed by atoms with E-state index in [9.17, 15) is 4.79 Å². The summed E-state index contributed by atoms with van der Waals surface area (Å²) >= 11 is 7.42. The van der Waals surface area contributed by atoms with E-state index < -0.39 is 0 Å². The van der Waals surface area contributed by atoms with Crippen LogP contribution >= 0.6 is 22.9 Å². The standard InChI is InChI=1S/C17H13ClN2O2S/c18-14-3-1-2-4-15(14)22-11-12-5-7-13(8-6-12)16(21)20-17-19-9-10-23-17/h1-10H,11H2,(H,19,20,21). The van der Waals surface area contributed by atoms with Crippen LogP contribution in [-0.2, 0) is 6.61 Å². The molecular formula is C17H13ClN2O2S. The number of carbonyl (C=O) groups is 1. The fraction of sp³-hybridized carbons (Fsp3) is 0.0588. The zero-order chi connectivity index (χ0) is 16.1. The maximum Gasteiger partial charge on any atom is 0.257 e. The average molecular weight is 345 g/mol. The van der Waals surface area contributed by atoms with Crippen LogP contribution in [0.2, 0.25) is 5.02 Å². The highest BCUT2D eigenvalue weighted by atomic mass is 35.5.